The SMILES string of the molecule is CC(=O)c1ccc(S(=O)(=O)N(C)CC(=O)N[C@H]2CCCC[C@@H]2C)cc1. The molecule has 0 radical (unpaired) electrons. The molecular weight excluding hydrogens is 340 g/mol. The summed E-state index contributed by atoms with van der Waals surface area (Å²) in [5.41, 5.74) is 0.450. The summed E-state index contributed by atoms with van der Waals surface area (Å²) in [6.45, 7) is 3.31. The van der Waals surface area contributed by atoms with E-state index < -0.39 is 10.0 Å². The third-order valence-corrected chi connectivity index (χ3v) is 6.61. The fraction of sp³-hybridized carbons (Fsp3) is 0.556. The molecule has 0 spiro atoms. The lowest BCUT2D eigenvalue weighted by Gasteiger charge is -2.30. The summed E-state index contributed by atoms with van der Waals surface area (Å²) >= 11 is 0. The molecule has 6 nitrogen and oxygen atoms in total. The Morgan fingerprint density at radius 3 is 2.32 bits per heavy atom. The number of amides is 1. The minimum atomic E-state index is -3.77. The predicted octanol–water partition coefficient (Wildman–Crippen LogP) is 2.20. The van der Waals surface area contributed by atoms with Crippen molar-refractivity contribution in [2.75, 3.05) is 13.6 Å². The predicted molar refractivity (Wildman–Crippen MR) is 95.8 cm³/mol. The molecule has 0 bridgehead atoms. The smallest absolute Gasteiger partial charge is 0.243 e. The van der Waals surface area contributed by atoms with Crippen LogP contribution in [0.25, 0.3) is 0 Å². The molecule has 2 atom stereocenters. The number of carbonyl (C=O) groups is 2. The fourth-order valence-corrected chi connectivity index (χ4v) is 4.24. The topological polar surface area (TPSA) is 83.6 Å². The molecule has 0 aromatic heterocycles. The van der Waals surface area contributed by atoms with Crippen molar-refractivity contribution >= 4 is 21.7 Å². The first-order valence-corrected chi connectivity index (χ1v) is 10.0. The van der Waals surface area contributed by atoms with Crippen LogP contribution < -0.4 is 5.32 Å². The Balaban J connectivity index is 2.01. The summed E-state index contributed by atoms with van der Waals surface area (Å²) in [4.78, 5) is 23.6. The Morgan fingerprint density at radius 1 is 1.16 bits per heavy atom. The van der Waals surface area contributed by atoms with Gasteiger partial charge >= 0.3 is 0 Å². The van der Waals surface area contributed by atoms with E-state index in [1.54, 1.807) is 0 Å². The number of rotatable bonds is 6. The van der Waals surface area contributed by atoms with Crippen LogP contribution in [0.4, 0.5) is 0 Å². The summed E-state index contributed by atoms with van der Waals surface area (Å²) in [5, 5.41) is 2.96. The maximum atomic E-state index is 12.6. The monoisotopic (exact) mass is 366 g/mol. The van der Waals surface area contributed by atoms with Gasteiger partial charge in [0, 0.05) is 18.7 Å². The molecule has 2 rings (SSSR count). The molecule has 1 aliphatic rings. The molecular formula is C18H26N2O4S. The van der Waals surface area contributed by atoms with Gasteiger partial charge in [-0.1, -0.05) is 31.9 Å². The zero-order chi connectivity index (χ0) is 18.6. The van der Waals surface area contributed by atoms with Gasteiger partial charge in [0.1, 0.15) is 0 Å². The standard InChI is InChI=1S/C18H26N2O4S/c1-13-6-4-5-7-17(13)19-18(22)12-20(3)25(23,24)16-10-8-15(9-11-16)14(2)21/h8-11,13,17H,4-7,12H2,1-3H3,(H,19,22)/t13-,17-/m0/s1. The van der Waals surface area contributed by atoms with E-state index in [9.17, 15) is 18.0 Å². The van der Waals surface area contributed by atoms with E-state index in [1.165, 1.54) is 44.7 Å². The van der Waals surface area contributed by atoms with E-state index in [2.05, 4.69) is 12.2 Å². The number of hydrogen-bond acceptors (Lipinski definition) is 4. The van der Waals surface area contributed by atoms with Crippen LogP contribution in [0, 0.1) is 5.92 Å². The molecule has 1 fully saturated rings. The third kappa shape index (κ3) is 4.89. The molecule has 1 aromatic carbocycles. The minimum absolute atomic E-state index is 0.0684. The molecule has 0 heterocycles. The van der Waals surface area contributed by atoms with Crippen molar-refractivity contribution in [2.45, 2.75) is 50.5 Å². The highest BCUT2D eigenvalue weighted by Gasteiger charge is 2.26. The Kier molecular flexibility index (Phi) is 6.35. The van der Waals surface area contributed by atoms with Crippen LogP contribution in [0.5, 0.6) is 0 Å². The van der Waals surface area contributed by atoms with Crippen LogP contribution in [0.3, 0.4) is 0 Å². The van der Waals surface area contributed by atoms with Gasteiger partial charge in [0.2, 0.25) is 15.9 Å². The lowest BCUT2D eigenvalue weighted by Crippen LogP contribution is -2.46. The lowest BCUT2D eigenvalue weighted by atomic mass is 9.86. The van der Waals surface area contributed by atoms with E-state index in [0.29, 0.717) is 11.5 Å². The average molecular weight is 366 g/mol. The molecule has 1 aliphatic carbocycles. The number of nitrogens with zero attached hydrogens (tertiary/aromatic N) is 1. The average Bonchev–Trinajstić information content (AvgIpc) is 2.57. The van der Waals surface area contributed by atoms with Gasteiger partial charge in [-0.25, -0.2) is 8.42 Å². The summed E-state index contributed by atoms with van der Waals surface area (Å²) in [6, 6.07) is 5.86. The Labute approximate surface area is 149 Å². The van der Waals surface area contributed by atoms with Crippen molar-refractivity contribution in [1.29, 1.82) is 0 Å². The van der Waals surface area contributed by atoms with Gasteiger partial charge in [-0.3, -0.25) is 9.59 Å². The van der Waals surface area contributed by atoms with Crippen LogP contribution in [0.15, 0.2) is 29.2 Å². The maximum absolute atomic E-state index is 12.6. The molecule has 1 amide bonds. The van der Waals surface area contributed by atoms with Gasteiger partial charge in [0.15, 0.2) is 5.78 Å². The highest BCUT2D eigenvalue weighted by molar-refractivity contribution is 7.89. The van der Waals surface area contributed by atoms with E-state index in [1.807, 2.05) is 0 Å². The fourth-order valence-electron chi connectivity index (χ4n) is 3.11. The van der Waals surface area contributed by atoms with E-state index >= 15 is 0 Å². The number of likely N-dealkylation sites (N-methyl/N-ethyl adjacent to an activating group) is 1. The molecule has 1 aromatic rings. The summed E-state index contributed by atoms with van der Waals surface area (Å²) in [6.07, 6.45) is 4.29. The number of benzene rings is 1. The largest absolute Gasteiger partial charge is 0.352 e. The molecule has 1 saturated carbocycles. The first-order valence-electron chi connectivity index (χ1n) is 8.58. The summed E-state index contributed by atoms with van der Waals surface area (Å²) in [5.74, 6) is 0.00204. The van der Waals surface area contributed by atoms with Gasteiger partial charge in [-0.2, -0.15) is 4.31 Å². The Hall–Kier alpha value is -1.73. The maximum Gasteiger partial charge on any atom is 0.243 e. The van der Waals surface area contributed by atoms with Crippen molar-refractivity contribution in [1.82, 2.24) is 9.62 Å². The van der Waals surface area contributed by atoms with Gasteiger partial charge in [-0.15, -0.1) is 0 Å². The second kappa shape index (κ2) is 8.10. The van der Waals surface area contributed by atoms with Crippen LogP contribution in [0.2, 0.25) is 0 Å². The van der Waals surface area contributed by atoms with Crippen LogP contribution in [-0.2, 0) is 14.8 Å². The highest BCUT2D eigenvalue weighted by Crippen LogP contribution is 2.23. The highest BCUT2D eigenvalue weighted by atomic mass is 32.2. The second-order valence-electron chi connectivity index (χ2n) is 6.78. The van der Waals surface area contributed by atoms with Gasteiger partial charge < -0.3 is 5.32 Å². The first-order chi connectivity index (χ1) is 11.7. The lowest BCUT2D eigenvalue weighted by molar-refractivity contribution is -0.122. The van der Waals surface area contributed by atoms with E-state index in [0.717, 1.165) is 23.6 Å². The molecule has 25 heavy (non-hydrogen) atoms. The molecule has 138 valence electrons. The number of Topliss-reactive ketones (excluding diaryl/α,β-unsaturated/α-hetero) is 1. The van der Waals surface area contributed by atoms with Crippen LogP contribution in [-0.4, -0.2) is 44.0 Å². The summed E-state index contributed by atoms with van der Waals surface area (Å²) < 4.78 is 26.2. The third-order valence-electron chi connectivity index (χ3n) is 4.79. The van der Waals surface area contributed by atoms with Crippen molar-refractivity contribution in [3.8, 4) is 0 Å². The molecule has 1 N–H and O–H groups in total. The van der Waals surface area contributed by atoms with Crippen LogP contribution >= 0.6 is 0 Å². The number of hydrogen-bond donors (Lipinski definition) is 1. The van der Waals surface area contributed by atoms with E-state index in [-0.39, 0.29) is 29.2 Å². The summed E-state index contributed by atoms with van der Waals surface area (Å²) in [7, 11) is -2.38. The Bertz CT molecular complexity index is 728. The molecule has 0 unspecified atom stereocenters. The molecule has 7 heteroatoms. The van der Waals surface area contributed by atoms with Crippen LogP contribution in [0.1, 0.15) is 49.9 Å². The zero-order valence-corrected chi connectivity index (χ0v) is 15.8. The van der Waals surface area contributed by atoms with Crippen molar-refractivity contribution in [2.24, 2.45) is 5.92 Å². The van der Waals surface area contributed by atoms with Crippen molar-refractivity contribution in [3.05, 3.63) is 29.8 Å². The first kappa shape index (κ1) is 19.6. The zero-order valence-electron chi connectivity index (χ0n) is 15.0. The Morgan fingerprint density at radius 2 is 1.76 bits per heavy atom. The number of nitrogens with one attached hydrogen (secondary N) is 1. The number of ketones is 1. The molecule has 0 aliphatic heterocycles. The number of sulfonamides is 1. The van der Waals surface area contributed by atoms with Gasteiger partial charge in [0.25, 0.3) is 0 Å². The minimum Gasteiger partial charge on any atom is -0.352 e. The number of carbonyl (C=O) groups excluding carboxylic acids is 2. The van der Waals surface area contributed by atoms with Gasteiger partial charge in [0.05, 0.1) is 11.4 Å². The quantitative estimate of drug-likeness (QED) is 0.783. The normalized spacial score (nSPS) is 21.1. The van der Waals surface area contributed by atoms with Gasteiger partial charge in [-0.05, 0) is 37.8 Å². The second-order valence-corrected chi connectivity index (χ2v) is 8.82. The van der Waals surface area contributed by atoms with E-state index in [4.69, 9.17) is 0 Å². The van der Waals surface area contributed by atoms with Crippen molar-refractivity contribution in [3.63, 3.8) is 0 Å². The van der Waals surface area contributed by atoms with Crippen molar-refractivity contribution < 1.29 is 18.0 Å². The molecule has 0 saturated heterocycles.